The van der Waals surface area contributed by atoms with Gasteiger partial charge in [0.05, 0.1) is 0 Å². The fraction of sp³-hybridized carbons (Fsp3) is 0.683. The Balaban J connectivity index is 4.40. The Kier molecular flexibility index (Phi) is 50.9. The highest BCUT2D eigenvalue weighted by Gasteiger charge is 2.19. The summed E-state index contributed by atoms with van der Waals surface area (Å²) in [7, 11) is 0. The largest absolute Gasteiger partial charge is 0.462 e. The molecule has 1 unspecified atom stereocenters. The highest BCUT2D eigenvalue weighted by Crippen LogP contribution is 2.13. The Hall–Kier alpha value is -3.67. The topological polar surface area (TPSA) is 78.9 Å². The van der Waals surface area contributed by atoms with Crippen molar-refractivity contribution in [2.45, 2.75) is 252 Å². The Morgan fingerprint density at radius 3 is 1.00 bits per heavy atom. The third kappa shape index (κ3) is 51.3. The van der Waals surface area contributed by atoms with E-state index in [-0.39, 0.29) is 31.1 Å². The summed E-state index contributed by atoms with van der Waals surface area (Å²) in [4.78, 5) is 38.0. The monoisotopic (exact) mass is 917 g/mol. The van der Waals surface area contributed by atoms with Crippen LogP contribution in [0.4, 0.5) is 0 Å². The van der Waals surface area contributed by atoms with Gasteiger partial charge in [0.1, 0.15) is 13.2 Å². The lowest BCUT2D eigenvalue weighted by atomic mass is 10.1. The van der Waals surface area contributed by atoms with Crippen LogP contribution in [0.3, 0.4) is 0 Å². The van der Waals surface area contributed by atoms with Crippen LogP contribution in [0.5, 0.6) is 0 Å². The first-order chi connectivity index (χ1) is 32.5. The molecule has 0 aliphatic heterocycles. The van der Waals surface area contributed by atoms with Gasteiger partial charge in [0.2, 0.25) is 0 Å². The van der Waals surface area contributed by atoms with Gasteiger partial charge in [-0.3, -0.25) is 14.4 Å². The quantitative estimate of drug-likeness (QED) is 0.0262. The summed E-state index contributed by atoms with van der Waals surface area (Å²) in [6.07, 6.45) is 71.1. The Morgan fingerprint density at radius 1 is 0.318 bits per heavy atom. The van der Waals surface area contributed by atoms with Gasteiger partial charge in [-0.1, -0.05) is 208 Å². The third-order valence-electron chi connectivity index (χ3n) is 11.3. The molecular weight excluding hydrogens is 817 g/mol. The summed E-state index contributed by atoms with van der Waals surface area (Å²) in [6.45, 7) is 6.41. The van der Waals surface area contributed by atoms with Crippen LogP contribution in [0.15, 0.2) is 97.2 Å². The molecular formula is C60H100O6. The number of unbranched alkanes of at least 4 members (excludes halogenated alkanes) is 21. The predicted octanol–water partition coefficient (Wildman–Crippen LogP) is 18.1. The summed E-state index contributed by atoms with van der Waals surface area (Å²) in [5.41, 5.74) is 0. The molecule has 0 rings (SSSR count). The second-order valence-electron chi connectivity index (χ2n) is 17.7. The van der Waals surface area contributed by atoms with Crippen LogP contribution < -0.4 is 0 Å². The van der Waals surface area contributed by atoms with E-state index in [2.05, 4.69) is 118 Å². The molecule has 6 nitrogen and oxygen atoms in total. The first kappa shape index (κ1) is 62.3. The summed E-state index contributed by atoms with van der Waals surface area (Å²) >= 11 is 0. The Morgan fingerprint density at radius 2 is 0.621 bits per heavy atom. The zero-order valence-corrected chi connectivity index (χ0v) is 42.9. The standard InChI is InChI=1S/C60H100O6/c1-4-7-10-13-16-19-22-24-26-28-29-30-31-33-34-36-38-41-44-47-50-53-59(62)65-56-57(55-64-58(61)52-49-46-43-40-21-18-15-12-9-6-3)66-60(63)54-51-48-45-42-39-37-35-32-27-25-23-20-17-14-11-8-5-2/h8,11-12,15,17,20,22,24-25,27-29,31,33,35,37,57H,4-7,9-10,13-14,16,18-19,21,23,26,30,32,34,36,38-56H2,1-3H3/b11-8-,15-12-,20-17-,24-22-,27-25-,29-28-,33-31-,37-35-. The number of esters is 3. The molecule has 0 saturated heterocycles. The Labute approximate surface area is 407 Å². The fourth-order valence-electron chi connectivity index (χ4n) is 7.21. The van der Waals surface area contributed by atoms with Gasteiger partial charge < -0.3 is 14.2 Å². The molecule has 0 aliphatic carbocycles. The first-order valence-electron chi connectivity index (χ1n) is 27.2. The van der Waals surface area contributed by atoms with Crippen molar-refractivity contribution in [2.24, 2.45) is 0 Å². The van der Waals surface area contributed by atoms with Gasteiger partial charge in [-0.2, -0.15) is 0 Å². The number of rotatable bonds is 48. The van der Waals surface area contributed by atoms with Crippen LogP contribution in [-0.4, -0.2) is 37.2 Å². The normalized spacial score (nSPS) is 12.8. The average Bonchev–Trinajstić information content (AvgIpc) is 3.31. The third-order valence-corrected chi connectivity index (χ3v) is 11.3. The second kappa shape index (κ2) is 53.9. The van der Waals surface area contributed by atoms with E-state index in [1.54, 1.807) is 0 Å². The molecule has 0 fully saturated rings. The summed E-state index contributed by atoms with van der Waals surface area (Å²) < 4.78 is 16.8. The summed E-state index contributed by atoms with van der Waals surface area (Å²) in [5, 5.41) is 0. The lowest BCUT2D eigenvalue weighted by Crippen LogP contribution is -2.30. The van der Waals surface area contributed by atoms with Gasteiger partial charge in [-0.05, 0) is 116 Å². The average molecular weight is 917 g/mol. The van der Waals surface area contributed by atoms with Gasteiger partial charge in [-0.25, -0.2) is 0 Å². The van der Waals surface area contributed by atoms with Gasteiger partial charge >= 0.3 is 17.9 Å². The molecule has 0 aromatic heterocycles. The number of hydrogen-bond acceptors (Lipinski definition) is 6. The molecule has 0 heterocycles. The number of carbonyl (C=O) groups is 3. The molecule has 0 bridgehead atoms. The van der Waals surface area contributed by atoms with E-state index in [1.807, 2.05) is 0 Å². The van der Waals surface area contributed by atoms with E-state index in [4.69, 9.17) is 14.2 Å². The van der Waals surface area contributed by atoms with Crippen LogP contribution in [0, 0.1) is 0 Å². The van der Waals surface area contributed by atoms with Crippen LogP contribution in [0.1, 0.15) is 245 Å². The lowest BCUT2D eigenvalue weighted by Gasteiger charge is -2.18. The van der Waals surface area contributed by atoms with E-state index in [0.717, 1.165) is 135 Å². The van der Waals surface area contributed by atoms with Crippen molar-refractivity contribution in [2.75, 3.05) is 13.2 Å². The molecule has 0 N–H and O–H groups in total. The van der Waals surface area contributed by atoms with E-state index < -0.39 is 6.10 Å². The number of hydrogen-bond donors (Lipinski definition) is 0. The number of ether oxygens (including phenoxy) is 3. The van der Waals surface area contributed by atoms with Gasteiger partial charge in [-0.15, -0.1) is 0 Å². The molecule has 0 amide bonds. The Bertz CT molecular complexity index is 1330. The second-order valence-corrected chi connectivity index (χ2v) is 17.7. The van der Waals surface area contributed by atoms with E-state index in [1.165, 1.54) is 70.6 Å². The molecule has 0 radical (unpaired) electrons. The van der Waals surface area contributed by atoms with E-state index >= 15 is 0 Å². The zero-order chi connectivity index (χ0) is 47.9. The molecule has 6 heteroatoms. The molecule has 0 spiro atoms. The first-order valence-corrected chi connectivity index (χ1v) is 27.2. The van der Waals surface area contributed by atoms with Crippen LogP contribution >= 0.6 is 0 Å². The van der Waals surface area contributed by atoms with Crippen molar-refractivity contribution < 1.29 is 28.6 Å². The smallest absolute Gasteiger partial charge is 0.306 e. The summed E-state index contributed by atoms with van der Waals surface area (Å²) in [5.74, 6) is -0.946. The van der Waals surface area contributed by atoms with Crippen LogP contribution in [-0.2, 0) is 28.6 Å². The minimum absolute atomic E-state index is 0.0976. The van der Waals surface area contributed by atoms with E-state index in [9.17, 15) is 14.4 Å². The predicted molar refractivity (Wildman–Crippen MR) is 284 cm³/mol. The van der Waals surface area contributed by atoms with Gasteiger partial charge in [0, 0.05) is 19.3 Å². The zero-order valence-electron chi connectivity index (χ0n) is 42.9. The van der Waals surface area contributed by atoms with Crippen molar-refractivity contribution in [1.29, 1.82) is 0 Å². The van der Waals surface area contributed by atoms with Gasteiger partial charge in [0.25, 0.3) is 0 Å². The van der Waals surface area contributed by atoms with Crippen LogP contribution in [0.2, 0.25) is 0 Å². The molecule has 66 heavy (non-hydrogen) atoms. The highest BCUT2D eigenvalue weighted by atomic mass is 16.6. The maximum absolute atomic E-state index is 12.8. The number of carbonyl (C=O) groups excluding carboxylic acids is 3. The summed E-state index contributed by atoms with van der Waals surface area (Å²) in [6, 6.07) is 0. The van der Waals surface area contributed by atoms with Crippen molar-refractivity contribution in [3.8, 4) is 0 Å². The van der Waals surface area contributed by atoms with Crippen molar-refractivity contribution in [3.63, 3.8) is 0 Å². The molecule has 0 aromatic rings. The highest BCUT2D eigenvalue weighted by molar-refractivity contribution is 5.71. The molecule has 0 saturated carbocycles. The van der Waals surface area contributed by atoms with E-state index in [0.29, 0.717) is 19.3 Å². The molecule has 0 aliphatic rings. The van der Waals surface area contributed by atoms with Gasteiger partial charge in [0.15, 0.2) is 6.10 Å². The minimum Gasteiger partial charge on any atom is -0.462 e. The molecule has 376 valence electrons. The fourth-order valence-corrected chi connectivity index (χ4v) is 7.21. The van der Waals surface area contributed by atoms with Crippen molar-refractivity contribution in [1.82, 2.24) is 0 Å². The lowest BCUT2D eigenvalue weighted by molar-refractivity contribution is -0.167. The van der Waals surface area contributed by atoms with Crippen molar-refractivity contribution in [3.05, 3.63) is 97.2 Å². The van der Waals surface area contributed by atoms with Crippen LogP contribution in [0.25, 0.3) is 0 Å². The maximum atomic E-state index is 12.8. The maximum Gasteiger partial charge on any atom is 0.306 e. The SMILES string of the molecule is CC/C=C\C/C=C\C/C=C\C/C=C\CCCCCCC(=O)OC(COC(=O)CCCCCCC/C=C\CCC)COC(=O)CCCCCCCC/C=C\C/C=C\C/C=C\CCCCCCC. The van der Waals surface area contributed by atoms with Crippen molar-refractivity contribution >= 4 is 17.9 Å². The minimum atomic E-state index is -0.800. The molecule has 1 atom stereocenters. The molecule has 0 aromatic carbocycles. The number of allylic oxidation sites excluding steroid dienone is 16.